The van der Waals surface area contributed by atoms with E-state index < -0.39 is 0 Å². The van der Waals surface area contributed by atoms with Crippen molar-refractivity contribution < 1.29 is 15.1 Å². The summed E-state index contributed by atoms with van der Waals surface area (Å²) in [7, 11) is 0. The van der Waals surface area contributed by atoms with Gasteiger partial charge < -0.3 is 10.3 Å². The van der Waals surface area contributed by atoms with Crippen molar-refractivity contribution in [1.82, 2.24) is 5.43 Å². The van der Waals surface area contributed by atoms with Crippen LogP contribution in [0.2, 0.25) is 0 Å². The Morgan fingerprint density at radius 3 is 2.43 bits per heavy atom. The van der Waals surface area contributed by atoms with Crippen molar-refractivity contribution in [3.8, 4) is 5.75 Å². The molecule has 6 heteroatoms. The Bertz CT molecular complexity index is 682. The van der Waals surface area contributed by atoms with Crippen molar-refractivity contribution in [3.05, 3.63) is 65.7 Å². The second-order valence-corrected chi connectivity index (χ2v) is 4.10. The molecule has 0 aliphatic heterocycles. The van der Waals surface area contributed by atoms with Gasteiger partial charge >= 0.3 is 0 Å². The topological polar surface area (TPSA) is 94.3 Å². The van der Waals surface area contributed by atoms with Crippen LogP contribution in [0.3, 0.4) is 0 Å². The quantitative estimate of drug-likeness (QED) is 0.455. The van der Waals surface area contributed by atoms with E-state index in [2.05, 4.69) is 15.7 Å². The smallest absolute Gasteiger partial charge is 0.271 e. The fourth-order valence-corrected chi connectivity index (χ4v) is 1.65. The average molecular weight is 283 g/mol. The molecule has 0 aliphatic carbocycles. The van der Waals surface area contributed by atoms with Gasteiger partial charge in [0.25, 0.3) is 5.91 Å². The molecule has 0 aromatic heterocycles. The van der Waals surface area contributed by atoms with Gasteiger partial charge in [0.2, 0.25) is 0 Å². The van der Waals surface area contributed by atoms with Crippen molar-refractivity contribution >= 4 is 17.8 Å². The molecule has 2 rings (SSSR count). The van der Waals surface area contributed by atoms with Gasteiger partial charge in [-0.05, 0) is 24.3 Å². The first-order chi connectivity index (χ1) is 10.2. The zero-order valence-corrected chi connectivity index (χ0v) is 11.0. The molecule has 1 amide bonds. The highest BCUT2D eigenvalue weighted by molar-refractivity contribution is 6.38. The lowest BCUT2D eigenvalue weighted by atomic mass is 10.1. The maximum absolute atomic E-state index is 11.9. The molecule has 3 N–H and O–H groups in total. The van der Waals surface area contributed by atoms with Gasteiger partial charge in [-0.25, -0.2) is 5.43 Å². The number of oxime groups is 1. The first kappa shape index (κ1) is 14.3. The van der Waals surface area contributed by atoms with Gasteiger partial charge in [-0.3, -0.25) is 4.79 Å². The number of amides is 1. The van der Waals surface area contributed by atoms with E-state index in [-0.39, 0.29) is 17.4 Å². The third-order valence-electron chi connectivity index (χ3n) is 2.64. The van der Waals surface area contributed by atoms with Gasteiger partial charge in [-0.15, -0.1) is 0 Å². The summed E-state index contributed by atoms with van der Waals surface area (Å²) in [6.45, 7) is 0. The number of rotatable bonds is 4. The van der Waals surface area contributed by atoms with Crippen LogP contribution in [0.5, 0.6) is 5.75 Å². The van der Waals surface area contributed by atoms with Gasteiger partial charge in [0.15, 0.2) is 0 Å². The van der Waals surface area contributed by atoms with E-state index in [4.69, 9.17) is 5.21 Å². The Hall–Kier alpha value is -3.15. The Morgan fingerprint density at radius 2 is 1.76 bits per heavy atom. The number of phenols is 1. The van der Waals surface area contributed by atoms with Gasteiger partial charge in [-0.1, -0.05) is 35.5 Å². The average Bonchev–Trinajstić information content (AvgIpc) is 2.52. The van der Waals surface area contributed by atoms with E-state index >= 15 is 0 Å². The molecule has 0 radical (unpaired) electrons. The summed E-state index contributed by atoms with van der Waals surface area (Å²) in [5.74, 6) is -0.347. The molecule has 0 unspecified atom stereocenters. The number of carbonyl (C=O) groups is 1. The lowest BCUT2D eigenvalue weighted by molar-refractivity contribution is 0.0955. The Balaban J connectivity index is 2.21. The molecule has 0 atom stereocenters. The number of aromatic hydroxyl groups is 1. The molecule has 2 aromatic carbocycles. The lowest BCUT2D eigenvalue weighted by Crippen LogP contribution is -2.20. The number of benzene rings is 2. The monoisotopic (exact) mass is 283 g/mol. The number of hydrogen-bond donors (Lipinski definition) is 3. The SMILES string of the molecule is O=C(N/N=C(\C=N\O)c1cccc(O)c1)c1ccccc1. The summed E-state index contributed by atoms with van der Waals surface area (Å²) in [4.78, 5) is 11.9. The van der Waals surface area contributed by atoms with Gasteiger partial charge in [0.05, 0.1) is 6.21 Å². The molecule has 21 heavy (non-hydrogen) atoms. The number of nitrogens with zero attached hydrogens (tertiary/aromatic N) is 2. The molecule has 106 valence electrons. The molecular formula is C15H13N3O3. The van der Waals surface area contributed by atoms with Crippen LogP contribution in [0.1, 0.15) is 15.9 Å². The minimum Gasteiger partial charge on any atom is -0.508 e. The number of nitrogens with one attached hydrogen (secondary N) is 1. The summed E-state index contributed by atoms with van der Waals surface area (Å²) in [5.41, 5.74) is 3.53. The summed E-state index contributed by atoms with van der Waals surface area (Å²) < 4.78 is 0. The second-order valence-electron chi connectivity index (χ2n) is 4.10. The van der Waals surface area contributed by atoms with E-state index in [9.17, 15) is 9.90 Å². The van der Waals surface area contributed by atoms with Crippen LogP contribution in [-0.2, 0) is 0 Å². The standard InChI is InChI=1S/C15H13N3O3/c19-13-8-4-7-12(9-13)14(10-16-21)17-18-15(20)11-5-2-1-3-6-11/h1-10,19,21H,(H,18,20)/b16-10+,17-14+. The molecule has 6 nitrogen and oxygen atoms in total. The summed E-state index contributed by atoms with van der Waals surface area (Å²) in [5, 5.41) is 24.9. The predicted octanol–water partition coefficient (Wildman–Crippen LogP) is 1.99. The molecule has 0 bridgehead atoms. The Labute approximate surface area is 121 Å². The predicted molar refractivity (Wildman–Crippen MR) is 78.8 cm³/mol. The fourth-order valence-electron chi connectivity index (χ4n) is 1.65. The van der Waals surface area contributed by atoms with E-state index in [1.807, 2.05) is 0 Å². The van der Waals surface area contributed by atoms with Crippen molar-refractivity contribution in [3.63, 3.8) is 0 Å². The lowest BCUT2D eigenvalue weighted by Gasteiger charge is -2.03. The fraction of sp³-hybridized carbons (Fsp3) is 0. The minimum absolute atomic E-state index is 0.0425. The highest BCUT2D eigenvalue weighted by Gasteiger charge is 2.06. The van der Waals surface area contributed by atoms with Crippen molar-refractivity contribution in [2.75, 3.05) is 0 Å². The van der Waals surface area contributed by atoms with Crippen LogP contribution in [0.25, 0.3) is 0 Å². The maximum Gasteiger partial charge on any atom is 0.271 e. The van der Waals surface area contributed by atoms with Gasteiger partial charge in [0, 0.05) is 11.1 Å². The first-order valence-corrected chi connectivity index (χ1v) is 6.10. The van der Waals surface area contributed by atoms with Crippen LogP contribution in [0.15, 0.2) is 64.9 Å². The molecule has 0 saturated carbocycles. The van der Waals surface area contributed by atoms with Crippen LogP contribution < -0.4 is 5.43 Å². The molecule has 0 spiro atoms. The number of hydrogen-bond acceptors (Lipinski definition) is 5. The first-order valence-electron chi connectivity index (χ1n) is 6.10. The van der Waals surface area contributed by atoms with E-state index in [1.165, 1.54) is 12.1 Å². The van der Waals surface area contributed by atoms with Crippen LogP contribution in [-0.4, -0.2) is 28.1 Å². The van der Waals surface area contributed by atoms with Crippen molar-refractivity contribution in [2.45, 2.75) is 0 Å². The van der Waals surface area contributed by atoms with Gasteiger partial charge in [0.1, 0.15) is 11.5 Å². The largest absolute Gasteiger partial charge is 0.508 e. The Kier molecular flexibility index (Phi) is 4.66. The zero-order chi connectivity index (χ0) is 15.1. The number of carbonyl (C=O) groups excluding carboxylic acids is 1. The molecule has 0 heterocycles. The van der Waals surface area contributed by atoms with E-state index in [0.29, 0.717) is 11.1 Å². The highest BCUT2D eigenvalue weighted by atomic mass is 16.4. The van der Waals surface area contributed by atoms with Crippen molar-refractivity contribution in [2.24, 2.45) is 10.3 Å². The van der Waals surface area contributed by atoms with Crippen LogP contribution in [0, 0.1) is 0 Å². The number of hydrazone groups is 1. The molecule has 0 saturated heterocycles. The summed E-state index contributed by atoms with van der Waals surface area (Å²) in [6, 6.07) is 14.8. The second kappa shape index (κ2) is 6.85. The minimum atomic E-state index is -0.389. The normalized spacial score (nSPS) is 11.5. The molecule has 0 aliphatic rings. The summed E-state index contributed by atoms with van der Waals surface area (Å²) >= 11 is 0. The highest BCUT2D eigenvalue weighted by Crippen LogP contribution is 2.11. The molecular weight excluding hydrogens is 270 g/mol. The van der Waals surface area contributed by atoms with Crippen LogP contribution >= 0.6 is 0 Å². The van der Waals surface area contributed by atoms with E-state index in [1.54, 1.807) is 42.5 Å². The van der Waals surface area contributed by atoms with Gasteiger partial charge in [-0.2, -0.15) is 5.10 Å². The van der Waals surface area contributed by atoms with Crippen molar-refractivity contribution in [1.29, 1.82) is 0 Å². The summed E-state index contributed by atoms with van der Waals surface area (Å²) in [6.07, 6.45) is 1.07. The Morgan fingerprint density at radius 1 is 1.05 bits per heavy atom. The third kappa shape index (κ3) is 3.90. The maximum atomic E-state index is 11.9. The third-order valence-corrected chi connectivity index (χ3v) is 2.64. The van der Waals surface area contributed by atoms with E-state index in [0.717, 1.165) is 6.21 Å². The molecule has 2 aromatic rings. The van der Waals surface area contributed by atoms with Crippen LogP contribution in [0.4, 0.5) is 0 Å². The number of phenolic OH excluding ortho intramolecular Hbond substituents is 1. The zero-order valence-electron chi connectivity index (χ0n) is 11.0. The molecule has 0 fully saturated rings.